The largest absolute Gasteiger partial charge is 0.0814 e. The molecule has 2 saturated carbocycles. The second-order valence-corrected chi connectivity index (χ2v) is 6.96. The van der Waals surface area contributed by atoms with Crippen LogP contribution in [0.2, 0.25) is 0 Å². The van der Waals surface area contributed by atoms with Crippen LogP contribution in [0, 0.1) is 28.6 Å². The fourth-order valence-electron chi connectivity index (χ4n) is 5.43. The Morgan fingerprint density at radius 2 is 2.00 bits per heavy atom. The molecule has 2 fully saturated rings. The Balaban J connectivity index is 2.05. The van der Waals surface area contributed by atoms with Crippen molar-refractivity contribution in [3.63, 3.8) is 0 Å². The molecule has 15 heavy (non-hydrogen) atoms. The Labute approximate surface area is 94.1 Å². The monoisotopic (exact) mass is 204 g/mol. The summed E-state index contributed by atoms with van der Waals surface area (Å²) < 4.78 is 0. The first-order chi connectivity index (χ1) is 6.99. The Kier molecular flexibility index (Phi) is 1.79. The normalized spacial score (nSPS) is 51.5. The SMILES string of the molecule is CC1=C[C@H]2C(C)(C)[C@@H]3CC[C@H](C)[C@]23CC1. The van der Waals surface area contributed by atoms with Crippen LogP contribution in [0.5, 0.6) is 0 Å². The first-order valence-electron chi connectivity index (χ1n) is 6.67. The highest BCUT2D eigenvalue weighted by molar-refractivity contribution is 5.27. The van der Waals surface area contributed by atoms with Gasteiger partial charge in [0.2, 0.25) is 0 Å². The van der Waals surface area contributed by atoms with Gasteiger partial charge in [0.1, 0.15) is 0 Å². The van der Waals surface area contributed by atoms with Gasteiger partial charge in [-0.25, -0.2) is 0 Å². The zero-order valence-corrected chi connectivity index (χ0v) is 10.6. The molecule has 4 atom stereocenters. The second-order valence-electron chi connectivity index (χ2n) is 6.96. The van der Waals surface area contributed by atoms with Crippen LogP contribution >= 0.6 is 0 Å². The van der Waals surface area contributed by atoms with Gasteiger partial charge < -0.3 is 0 Å². The van der Waals surface area contributed by atoms with Crippen molar-refractivity contribution in [3.05, 3.63) is 11.6 Å². The second kappa shape index (κ2) is 2.70. The van der Waals surface area contributed by atoms with Crippen molar-refractivity contribution in [1.29, 1.82) is 0 Å². The molecular weight excluding hydrogens is 180 g/mol. The molecule has 0 unspecified atom stereocenters. The van der Waals surface area contributed by atoms with Crippen LogP contribution in [0.3, 0.4) is 0 Å². The van der Waals surface area contributed by atoms with Crippen LogP contribution in [0.4, 0.5) is 0 Å². The van der Waals surface area contributed by atoms with E-state index in [2.05, 4.69) is 33.8 Å². The lowest BCUT2D eigenvalue weighted by Crippen LogP contribution is -2.61. The lowest BCUT2D eigenvalue weighted by Gasteiger charge is -2.67. The van der Waals surface area contributed by atoms with Crippen LogP contribution in [-0.2, 0) is 0 Å². The van der Waals surface area contributed by atoms with Crippen LogP contribution in [0.1, 0.15) is 53.4 Å². The molecule has 0 aromatic heterocycles. The molecule has 0 aliphatic heterocycles. The first-order valence-corrected chi connectivity index (χ1v) is 6.67. The predicted octanol–water partition coefficient (Wildman–Crippen LogP) is 4.42. The van der Waals surface area contributed by atoms with Gasteiger partial charge in [0, 0.05) is 0 Å². The van der Waals surface area contributed by atoms with E-state index in [0.717, 1.165) is 23.2 Å². The Morgan fingerprint density at radius 1 is 1.27 bits per heavy atom. The summed E-state index contributed by atoms with van der Waals surface area (Å²) >= 11 is 0. The minimum Gasteiger partial charge on any atom is -0.0814 e. The number of rotatable bonds is 0. The van der Waals surface area contributed by atoms with Gasteiger partial charge in [0.05, 0.1) is 0 Å². The standard InChI is InChI=1S/C15H24/c1-10-7-8-15-11(2)5-6-12(15)14(3,4)13(15)9-10/h9,11-13H,5-8H2,1-4H3/t11-,12-,13-,15-/m0/s1. The van der Waals surface area contributed by atoms with Crippen molar-refractivity contribution in [3.8, 4) is 0 Å². The van der Waals surface area contributed by atoms with E-state index < -0.39 is 0 Å². The highest BCUT2D eigenvalue weighted by Gasteiger charge is 2.69. The van der Waals surface area contributed by atoms with E-state index in [1.807, 2.05) is 0 Å². The zero-order chi connectivity index (χ0) is 10.8. The summed E-state index contributed by atoms with van der Waals surface area (Å²) in [5.41, 5.74) is 2.96. The zero-order valence-electron chi connectivity index (χ0n) is 10.6. The minimum atomic E-state index is 0.590. The molecule has 0 radical (unpaired) electrons. The fourth-order valence-corrected chi connectivity index (χ4v) is 5.43. The smallest absolute Gasteiger partial charge is 0.0115 e. The quantitative estimate of drug-likeness (QED) is 0.513. The van der Waals surface area contributed by atoms with E-state index in [1.165, 1.54) is 25.7 Å². The van der Waals surface area contributed by atoms with E-state index in [0.29, 0.717) is 5.41 Å². The predicted molar refractivity (Wildman–Crippen MR) is 64.6 cm³/mol. The lowest BCUT2D eigenvalue weighted by atomic mass is 9.37. The average molecular weight is 204 g/mol. The van der Waals surface area contributed by atoms with Gasteiger partial charge in [-0.15, -0.1) is 0 Å². The van der Waals surface area contributed by atoms with E-state index >= 15 is 0 Å². The molecule has 84 valence electrons. The molecule has 3 rings (SSSR count). The Morgan fingerprint density at radius 3 is 2.73 bits per heavy atom. The highest BCUT2D eigenvalue weighted by Crippen LogP contribution is 2.75. The van der Waals surface area contributed by atoms with Crippen LogP contribution in [-0.4, -0.2) is 0 Å². The Hall–Kier alpha value is -0.260. The number of hydrogen-bond acceptors (Lipinski definition) is 0. The van der Waals surface area contributed by atoms with E-state index in [-0.39, 0.29) is 0 Å². The van der Waals surface area contributed by atoms with Gasteiger partial charge in [-0.3, -0.25) is 0 Å². The van der Waals surface area contributed by atoms with Crippen molar-refractivity contribution in [2.45, 2.75) is 53.4 Å². The van der Waals surface area contributed by atoms with Gasteiger partial charge in [0.15, 0.2) is 0 Å². The summed E-state index contributed by atoms with van der Waals surface area (Å²) in [7, 11) is 0. The summed E-state index contributed by atoms with van der Waals surface area (Å²) in [5, 5.41) is 0. The maximum Gasteiger partial charge on any atom is -0.0115 e. The molecule has 0 N–H and O–H groups in total. The third-order valence-corrected chi connectivity index (χ3v) is 6.14. The molecule has 0 aromatic carbocycles. The van der Waals surface area contributed by atoms with Gasteiger partial charge >= 0.3 is 0 Å². The molecule has 0 saturated heterocycles. The van der Waals surface area contributed by atoms with Crippen LogP contribution < -0.4 is 0 Å². The molecule has 0 heteroatoms. The summed E-state index contributed by atoms with van der Waals surface area (Å²) in [5.74, 6) is 2.89. The summed E-state index contributed by atoms with van der Waals surface area (Å²) in [6.07, 6.45) is 8.46. The van der Waals surface area contributed by atoms with Crippen LogP contribution in [0.15, 0.2) is 11.6 Å². The molecular formula is C15H24. The molecule has 0 aromatic rings. The summed E-state index contributed by atoms with van der Waals surface area (Å²) in [6.45, 7) is 9.86. The minimum absolute atomic E-state index is 0.590. The van der Waals surface area contributed by atoms with Crippen molar-refractivity contribution in [2.75, 3.05) is 0 Å². The van der Waals surface area contributed by atoms with Crippen molar-refractivity contribution >= 4 is 0 Å². The van der Waals surface area contributed by atoms with E-state index in [1.54, 1.807) is 5.57 Å². The molecule has 1 spiro atoms. The fraction of sp³-hybridized carbons (Fsp3) is 0.867. The molecule has 0 bridgehead atoms. The first kappa shape index (κ1) is 9.93. The highest BCUT2D eigenvalue weighted by atomic mass is 14.7. The topological polar surface area (TPSA) is 0 Å². The van der Waals surface area contributed by atoms with Crippen LogP contribution in [0.25, 0.3) is 0 Å². The number of hydrogen-bond donors (Lipinski definition) is 0. The van der Waals surface area contributed by atoms with Crippen molar-refractivity contribution in [2.24, 2.45) is 28.6 Å². The van der Waals surface area contributed by atoms with E-state index in [4.69, 9.17) is 0 Å². The molecule has 0 amide bonds. The lowest BCUT2D eigenvalue weighted by molar-refractivity contribution is -0.167. The molecule has 0 nitrogen and oxygen atoms in total. The maximum atomic E-state index is 2.63. The third kappa shape index (κ3) is 0.946. The summed E-state index contributed by atoms with van der Waals surface area (Å²) in [6, 6.07) is 0. The third-order valence-electron chi connectivity index (χ3n) is 6.14. The molecule has 0 heterocycles. The molecule has 3 aliphatic carbocycles. The Bertz CT molecular complexity index is 323. The summed E-state index contributed by atoms with van der Waals surface area (Å²) in [4.78, 5) is 0. The van der Waals surface area contributed by atoms with Crippen molar-refractivity contribution < 1.29 is 0 Å². The van der Waals surface area contributed by atoms with E-state index in [9.17, 15) is 0 Å². The maximum absolute atomic E-state index is 2.63. The van der Waals surface area contributed by atoms with Crippen molar-refractivity contribution in [1.82, 2.24) is 0 Å². The number of allylic oxidation sites excluding steroid dienone is 2. The van der Waals surface area contributed by atoms with Gasteiger partial charge in [-0.2, -0.15) is 0 Å². The van der Waals surface area contributed by atoms with Gasteiger partial charge in [0.25, 0.3) is 0 Å². The average Bonchev–Trinajstić information content (AvgIpc) is 2.47. The van der Waals surface area contributed by atoms with Gasteiger partial charge in [-0.05, 0) is 61.2 Å². The van der Waals surface area contributed by atoms with Gasteiger partial charge in [-0.1, -0.05) is 32.4 Å². The molecule has 3 aliphatic rings.